The summed E-state index contributed by atoms with van der Waals surface area (Å²) in [6, 6.07) is 6.83. The minimum absolute atomic E-state index is 0.0155. The third-order valence-corrected chi connectivity index (χ3v) is 5.37. The van der Waals surface area contributed by atoms with Crippen LogP contribution in [0.4, 0.5) is 10.5 Å². The predicted octanol–water partition coefficient (Wildman–Crippen LogP) is 2.60. The number of sulfone groups is 1. The molecule has 1 heterocycles. The first-order chi connectivity index (χ1) is 9.43. The van der Waals surface area contributed by atoms with Crippen molar-refractivity contribution in [1.82, 2.24) is 0 Å². The second kappa shape index (κ2) is 6.13. The van der Waals surface area contributed by atoms with E-state index in [1.54, 1.807) is 25.1 Å². The number of halogens is 1. The van der Waals surface area contributed by atoms with Gasteiger partial charge in [-0.2, -0.15) is 0 Å². The second-order valence-electron chi connectivity index (χ2n) is 4.61. The fourth-order valence-corrected chi connectivity index (χ4v) is 4.35. The Bertz CT molecular complexity index is 602. The van der Waals surface area contributed by atoms with E-state index in [4.69, 9.17) is 4.74 Å². The molecule has 0 N–H and O–H groups in total. The van der Waals surface area contributed by atoms with Crippen LogP contribution in [0, 0.1) is 0 Å². The highest BCUT2D eigenvalue weighted by atomic mass is 79.9. The van der Waals surface area contributed by atoms with Gasteiger partial charge in [0.15, 0.2) is 9.84 Å². The summed E-state index contributed by atoms with van der Waals surface area (Å²) in [4.78, 5) is 13.6. The Morgan fingerprint density at radius 2 is 2.25 bits per heavy atom. The van der Waals surface area contributed by atoms with E-state index in [0.717, 1.165) is 4.47 Å². The van der Waals surface area contributed by atoms with Gasteiger partial charge in [-0.05, 0) is 31.5 Å². The van der Waals surface area contributed by atoms with E-state index in [9.17, 15) is 13.2 Å². The number of carbonyl (C=O) groups is 1. The van der Waals surface area contributed by atoms with E-state index in [2.05, 4.69) is 15.9 Å². The Hall–Kier alpha value is -1.08. The van der Waals surface area contributed by atoms with Crippen molar-refractivity contribution in [3.8, 4) is 0 Å². The van der Waals surface area contributed by atoms with Gasteiger partial charge in [0.1, 0.15) is 0 Å². The second-order valence-corrected chi connectivity index (χ2v) is 7.75. The Morgan fingerprint density at radius 1 is 1.50 bits per heavy atom. The van der Waals surface area contributed by atoms with Gasteiger partial charge in [0.25, 0.3) is 0 Å². The molecule has 1 saturated heterocycles. The molecule has 1 atom stereocenters. The zero-order valence-corrected chi connectivity index (χ0v) is 13.5. The lowest BCUT2D eigenvalue weighted by atomic mass is 10.2. The van der Waals surface area contributed by atoms with E-state index in [-0.39, 0.29) is 24.2 Å². The molecule has 0 aromatic heterocycles. The van der Waals surface area contributed by atoms with Crippen molar-refractivity contribution in [2.75, 3.05) is 23.0 Å². The number of anilines is 1. The fourth-order valence-electron chi connectivity index (χ4n) is 2.26. The molecular weight excluding hydrogens is 346 g/mol. The van der Waals surface area contributed by atoms with Crippen molar-refractivity contribution < 1.29 is 17.9 Å². The number of hydrogen-bond acceptors (Lipinski definition) is 4. The largest absolute Gasteiger partial charge is 0.449 e. The van der Waals surface area contributed by atoms with Crippen molar-refractivity contribution in [3.05, 3.63) is 28.7 Å². The van der Waals surface area contributed by atoms with Crippen molar-refractivity contribution in [2.45, 2.75) is 19.4 Å². The molecule has 2 rings (SSSR count). The highest BCUT2D eigenvalue weighted by Gasteiger charge is 2.36. The topological polar surface area (TPSA) is 63.7 Å². The van der Waals surface area contributed by atoms with Crippen LogP contribution < -0.4 is 4.90 Å². The van der Waals surface area contributed by atoms with Crippen molar-refractivity contribution in [2.24, 2.45) is 0 Å². The number of hydrogen-bond donors (Lipinski definition) is 0. The molecule has 0 spiro atoms. The van der Waals surface area contributed by atoms with Crippen LogP contribution in [0.1, 0.15) is 13.3 Å². The summed E-state index contributed by atoms with van der Waals surface area (Å²) in [5.74, 6) is 0.0971. The molecule has 5 nitrogen and oxygen atoms in total. The molecule has 1 aromatic carbocycles. The van der Waals surface area contributed by atoms with Crippen molar-refractivity contribution in [3.63, 3.8) is 0 Å². The predicted molar refractivity (Wildman–Crippen MR) is 80.7 cm³/mol. The smallest absolute Gasteiger partial charge is 0.414 e. The van der Waals surface area contributed by atoms with E-state index in [1.807, 2.05) is 6.07 Å². The third kappa shape index (κ3) is 3.52. The summed E-state index contributed by atoms with van der Waals surface area (Å²) in [5.41, 5.74) is 0.639. The van der Waals surface area contributed by atoms with Crippen LogP contribution in [0.2, 0.25) is 0 Å². The van der Waals surface area contributed by atoms with Gasteiger partial charge in [0.2, 0.25) is 0 Å². The normalized spacial score (nSPS) is 20.6. The van der Waals surface area contributed by atoms with Crippen LogP contribution in [0.3, 0.4) is 0 Å². The standard InChI is InChI=1S/C13H16BrNO4S/c1-2-19-13(16)15(11-5-3-4-10(14)8-11)12-6-7-20(17,18)9-12/h3-5,8,12H,2,6-7,9H2,1H3. The molecule has 1 amide bonds. The molecule has 20 heavy (non-hydrogen) atoms. The average molecular weight is 362 g/mol. The minimum Gasteiger partial charge on any atom is -0.449 e. The number of carbonyl (C=O) groups excluding carboxylic acids is 1. The monoisotopic (exact) mass is 361 g/mol. The molecule has 0 bridgehead atoms. The van der Waals surface area contributed by atoms with Crippen LogP contribution in [0.25, 0.3) is 0 Å². The van der Waals surface area contributed by atoms with E-state index < -0.39 is 15.9 Å². The van der Waals surface area contributed by atoms with Crippen LogP contribution >= 0.6 is 15.9 Å². The zero-order valence-electron chi connectivity index (χ0n) is 11.1. The lowest BCUT2D eigenvalue weighted by Crippen LogP contribution is -2.41. The molecule has 110 valence electrons. The van der Waals surface area contributed by atoms with Gasteiger partial charge in [0.05, 0.1) is 24.2 Å². The summed E-state index contributed by atoms with van der Waals surface area (Å²) < 4.78 is 29.2. The molecule has 1 aromatic rings. The van der Waals surface area contributed by atoms with Gasteiger partial charge in [-0.3, -0.25) is 4.90 Å². The molecule has 1 unspecified atom stereocenters. The highest BCUT2D eigenvalue weighted by molar-refractivity contribution is 9.10. The fraction of sp³-hybridized carbons (Fsp3) is 0.462. The van der Waals surface area contributed by atoms with Gasteiger partial charge in [-0.1, -0.05) is 22.0 Å². The lowest BCUT2D eigenvalue weighted by molar-refractivity contribution is 0.157. The van der Waals surface area contributed by atoms with E-state index in [1.165, 1.54) is 4.90 Å². The number of rotatable bonds is 3. The molecule has 0 saturated carbocycles. The molecule has 1 aliphatic rings. The van der Waals surface area contributed by atoms with E-state index >= 15 is 0 Å². The Labute approximate surface area is 127 Å². The summed E-state index contributed by atoms with van der Waals surface area (Å²) in [6.45, 7) is 1.98. The van der Waals surface area contributed by atoms with Crippen LogP contribution in [-0.4, -0.2) is 38.7 Å². The molecule has 7 heteroatoms. The Kier molecular flexibility index (Phi) is 4.70. The highest BCUT2D eigenvalue weighted by Crippen LogP contribution is 2.27. The van der Waals surface area contributed by atoms with Gasteiger partial charge in [-0.15, -0.1) is 0 Å². The molecule has 0 aliphatic carbocycles. The van der Waals surface area contributed by atoms with Crippen LogP contribution in [0.15, 0.2) is 28.7 Å². The molecular formula is C13H16BrNO4S. The van der Waals surface area contributed by atoms with Crippen LogP contribution in [-0.2, 0) is 14.6 Å². The number of amides is 1. The lowest BCUT2D eigenvalue weighted by Gasteiger charge is -2.27. The first kappa shape index (κ1) is 15.3. The summed E-state index contributed by atoms with van der Waals surface area (Å²) in [7, 11) is -3.07. The third-order valence-electron chi connectivity index (χ3n) is 3.12. The van der Waals surface area contributed by atoms with Crippen molar-refractivity contribution in [1.29, 1.82) is 0 Å². The van der Waals surface area contributed by atoms with E-state index in [0.29, 0.717) is 12.1 Å². The maximum Gasteiger partial charge on any atom is 0.414 e. The zero-order chi connectivity index (χ0) is 14.8. The maximum absolute atomic E-state index is 12.1. The summed E-state index contributed by atoms with van der Waals surface area (Å²) in [5, 5.41) is 0. The van der Waals surface area contributed by atoms with Gasteiger partial charge in [-0.25, -0.2) is 13.2 Å². The Balaban J connectivity index is 2.33. The average Bonchev–Trinajstić information content (AvgIpc) is 2.70. The Morgan fingerprint density at radius 3 is 2.80 bits per heavy atom. The van der Waals surface area contributed by atoms with Gasteiger partial charge in [0, 0.05) is 10.2 Å². The van der Waals surface area contributed by atoms with Gasteiger partial charge >= 0.3 is 6.09 Å². The minimum atomic E-state index is -3.07. The van der Waals surface area contributed by atoms with Crippen LogP contribution in [0.5, 0.6) is 0 Å². The molecule has 1 aliphatic heterocycles. The molecule has 0 radical (unpaired) electrons. The summed E-state index contributed by atoms with van der Waals surface area (Å²) in [6.07, 6.45) is -0.0686. The van der Waals surface area contributed by atoms with Gasteiger partial charge < -0.3 is 4.74 Å². The quantitative estimate of drug-likeness (QED) is 0.829. The maximum atomic E-state index is 12.1. The first-order valence-electron chi connectivity index (χ1n) is 6.35. The number of benzene rings is 1. The number of ether oxygens (including phenoxy) is 1. The molecule has 1 fully saturated rings. The number of nitrogens with zero attached hydrogens (tertiary/aromatic N) is 1. The SMILES string of the molecule is CCOC(=O)N(c1cccc(Br)c1)C1CCS(=O)(=O)C1. The summed E-state index contributed by atoms with van der Waals surface area (Å²) >= 11 is 3.35. The van der Waals surface area contributed by atoms with Crippen molar-refractivity contribution >= 4 is 37.5 Å². The first-order valence-corrected chi connectivity index (χ1v) is 8.96.